The Balaban J connectivity index is 1.29. The Kier molecular flexibility index (Phi) is 5.84. The number of pyridine rings is 1. The van der Waals surface area contributed by atoms with Crippen LogP contribution in [0.5, 0.6) is 0 Å². The first kappa shape index (κ1) is 22.2. The molecule has 1 atom stereocenters. The quantitative estimate of drug-likeness (QED) is 0.559. The summed E-state index contributed by atoms with van der Waals surface area (Å²) < 4.78 is 14.5. The Morgan fingerprint density at radius 1 is 1.15 bits per heavy atom. The van der Waals surface area contributed by atoms with Crippen LogP contribution in [0.25, 0.3) is 4.85 Å². The van der Waals surface area contributed by atoms with Crippen molar-refractivity contribution in [1.29, 1.82) is 0 Å². The summed E-state index contributed by atoms with van der Waals surface area (Å²) in [5.41, 5.74) is 3.02. The molecule has 2 saturated heterocycles. The van der Waals surface area contributed by atoms with Gasteiger partial charge in [-0.05, 0) is 67.6 Å². The van der Waals surface area contributed by atoms with Gasteiger partial charge in [0.2, 0.25) is 11.8 Å². The van der Waals surface area contributed by atoms with Crippen molar-refractivity contribution in [3.05, 3.63) is 70.0 Å². The summed E-state index contributed by atoms with van der Waals surface area (Å²) in [5, 5.41) is 2.30. The number of hydrogen-bond acceptors (Lipinski definition) is 5. The predicted octanol–water partition coefficient (Wildman–Crippen LogP) is 2.91. The lowest BCUT2D eigenvalue weighted by atomic mass is 9.85. The number of rotatable bonds is 4. The van der Waals surface area contributed by atoms with E-state index in [2.05, 4.69) is 20.0 Å². The molecule has 5 rings (SSSR count). The van der Waals surface area contributed by atoms with Gasteiger partial charge in [0.15, 0.2) is 0 Å². The number of fused-ring (bicyclic) bond motifs is 1. The van der Waals surface area contributed by atoms with Crippen molar-refractivity contribution in [2.75, 3.05) is 13.1 Å². The summed E-state index contributed by atoms with van der Waals surface area (Å²) in [6.45, 7) is 9.65. The van der Waals surface area contributed by atoms with Gasteiger partial charge in [0, 0.05) is 30.6 Å². The highest BCUT2D eigenvalue weighted by atomic mass is 19.1. The molecule has 3 aliphatic rings. The van der Waals surface area contributed by atoms with Gasteiger partial charge >= 0.3 is 0 Å². The molecule has 0 spiro atoms. The van der Waals surface area contributed by atoms with Gasteiger partial charge in [-0.15, -0.1) is 4.98 Å². The number of carbonyl (C=O) groups excluding carboxylic acids is 3. The number of benzene rings is 1. The van der Waals surface area contributed by atoms with E-state index < -0.39 is 17.8 Å². The van der Waals surface area contributed by atoms with Crippen LogP contribution >= 0.6 is 0 Å². The Bertz CT molecular complexity index is 1200. The third-order valence-electron chi connectivity index (χ3n) is 7.01. The first-order valence-electron chi connectivity index (χ1n) is 11.4. The molecule has 34 heavy (non-hydrogen) atoms. The molecular weight excluding hydrogens is 437 g/mol. The molecule has 9 heteroatoms. The van der Waals surface area contributed by atoms with Crippen molar-refractivity contribution in [2.45, 2.75) is 50.7 Å². The van der Waals surface area contributed by atoms with E-state index in [-0.39, 0.29) is 37.1 Å². The van der Waals surface area contributed by atoms with Crippen molar-refractivity contribution < 1.29 is 18.8 Å². The average molecular weight is 461 g/mol. The minimum Gasteiger partial charge on any atom is -0.361 e. The molecule has 174 valence electrons. The maximum atomic E-state index is 14.5. The van der Waals surface area contributed by atoms with Gasteiger partial charge in [-0.25, -0.2) is 4.39 Å². The molecule has 4 heterocycles. The van der Waals surface area contributed by atoms with Gasteiger partial charge in [-0.1, -0.05) is 12.6 Å². The third-order valence-corrected chi connectivity index (χ3v) is 7.01. The fourth-order valence-electron chi connectivity index (χ4n) is 5.25. The second kappa shape index (κ2) is 8.95. The van der Waals surface area contributed by atoms with Crippen molar-refractivity contribution >= 4 is 23.5 Å². The van der Waals surface area contributed by atoms with Crippen LogP contribution in [0.4, 0.5) is 10.2 Å². The summed E-state index contributed by atoms with van der Waals surface area (Å²) in [6.07, 6.45) is 3.86. The smallest absolute Gasteiger partial charge is 0.269 e. The standard InChI is InChI=1S/C25H24FN5O3/c1-27-22-4-2-15(12-28-22)13-30-8-6-16(7-9-30)18-10-17(26)11-19-20(18)14-31(25(19)34)21-3-5-23(32)29-24(21)33/h2,4,10-12,16,21H,3,5-9,13-14H2,(H,29,32,33). The van der Waals surface area contributed by atoms with Gasteiger partial charge in [-0.2, -0.15) is 0 Å². The van der Waals surface area contributed by atoms with Crippen LogP contribution < -0.4 is 5.32 Å². The van der Waals surface area contributed by atoms with E-state index in [0.717, 1.165) is 49.2 Å². The lowest BCUT2D eigenvalue weighted by molar-refractivity contribution is -0.136. The monoisotopic (exact) mass is 461 g/mol. The Morgan fingerprint density at radius 3 is 2.62 bits per heavy atom. The normalized spacial score (nSPS) is 21.4. The van der Waals surface area contributed by atoms with Crippen molar-refractivity contribution in [3.8, 4) is 0 Å². The van der Waals surface area contributed by atoms with E-state index >= 15 is 0 Å². The number of hydrogen-bond donors (Lipinski definition) is 1. The van der Waals surface area contributed by atoms with Crippen molar-refractivity contribution in [2.24, 2.45) is 0 Å². The van der Waals surface area contributed by atoms with Gasteiger partial charge in [0.25, 0.3) is 11.7 Å². The number of likely N-dealkylation sites (tertiary alicyclic amines) is 1. The summed E-state index contributed by atoms with van der Waals surface area (Å²) >= 11 is 0. The van der Waals surface area contributed by atoms with Gasteiger partial charge in [0.05, 0.1) is 0 Å². The number of nitrogens with one attached hydrogen (secondary N) is 1. The zero-order valence-corrected chi connectivity index (χ0v) is 18.6. The highest BCUT2D eigenvalue weighted by molar-refractivity contribution is 6.05. The summed E-state index contributed by atoms with van der Waals surface area (Å²) in [4.78, 5) is 48.2. The van der Waals surface area contributed by atoms with E-state index in [1.807, 2.05) is 6.07 Å². The Morgan fingerprint density at radius 2 is 1.94 bits per heavy atom. The van der Waals surface area contributed by atoms with Crippen LogP contribution in [0.1, 0.15) is 58.6 Å². The topological polar surface area (TPSA) is 87.0 Å². The molecule has 0 bridgehead atoms. The summed E-state index contributed by atoms with van der Waals surface area (Å²) in [6, 6.07) is 5.73. The number of amides is 3. The average Bonchev–Trinajstić information content (AvgIpc) is 3.15. The third kappa shape index (κ3) is 4.17. The Labute approximate surface area is 196 Å². The van der Waals surface area contributed by atoms with Crippen LogP contribution in [0.3, 0.4) is 0 Å². The van der Waals surface area contributed by atoms with Crippen molar-refractivity contribution in [1.82, 2.24) is 20.1 Å². The molecule has 8 nitrogen and oxygen atoms in total. The largest absolute Gasteiger partial charge is 0.361 e. The maximum absolute atomic E-state index is 14.5. The minimum absolute atomic E-state index is 0.123. The van der Waals surface area contributed by atoms with Crippen LogP contribution in [0.2, 0.25) is 0 Å². The molecular formula is C25H24FN5O3. The molecule has 3 aliphatic heterocycles. The van der Waals surface area contributed by atoms with E-state index in [0.29, 0.717) is 11.4 Å². The van der Waals surface area contributed by atoms with Crippen LogP contribution in [0.15, 0.2) is 30.5 Å². The predicted molar refractivity (Wildman–Crippen MR) is 120 cm³/mol. The molecule has 0 radical (unpaired) electrons. The zero-order valence-electron chi connectivity index (χ0n) is 18.6. The molecule has 1 unspecified atom stereocenters. The second-order valence-corrected chi connectivity index (χ2v) is 9.11. The van der Waals surface area contributed by atoms with Crippen LogP contribution in [-0.4, -0.2) is 51.6 Å². The number of carbonyl (C=O) groups is 3. The molecule has 2 aromatic rings. The first-order valence-corrected chi connectivity index (χ1v) is 11.4. The SMILES string of the molecule is [C-]#[N+]c1ccc(CN2CCC(c3cc(F)cc4c3CN(C3CCC(=O)NC3=O)C4=O)CC2)cn1. The number of nitrogens with zero attached hydrogens (tertiary/aromatic N) is 4. The minimum atomic E-state index is -0.710. The van der Waals surface area contributed by atoms with Crippen LogP contribution in [-0.2, 0) is 22.7 Å². The number of piperidine rings is 2. The highest BCUT2D eigenvalue weighted by Crippen LogP contribution is 2.38. The molecule has 1 aromatic carbocycles. The first-order chi connectivity index (χ1) is 16.4. The number of imide groups is 1. The molecule has 3 amide bonds. The molecule has 2 fully saturated rings. The fourth-order valence-corrected chi connectivity index (χ4v) is 5.25. The van der Waals surface area contributed by atoms with Crippen molar-refractivity contribution in [3.63, 3.8) is 0 Å². The summed E-state index contributed by atoms with van der Waals surface area (Å²) in [7, 11) is 0. The maximum Gasteiger partial charge on any atom is 0.269 e. The Hall–Kier alpha value is -3.64. The lowest BCUT2D eigenvalue weighted by Gasteiger charge is -2.33. The second-order valence-electron chi connectivity index (χ2n) is 9.11. The zero-order chi connectivity index (χ0) is 23.8. The highest BCUT2D eigenvalue weighted by Gasteiger charge is 2.41. The van der Waals surface area contributed by atoms with E-state index in [1.165, 1.54) is 17.0 Å². The van der Waals surface area contributed by atoms with Crippen LogP contribution in [0, 0.1) is 12.4 Å². The summed E-state index contributed by atoms with van der Waals surface area (Å²) in [5.74, 6) is -1.09. The van der Waals surface area contributed by atoms with E-state index in [9.17, 15) is 18.8 Å². The molecule has 0 aliphatic carbocycles. The van der Waals surface area contributed by atoms with Gasteiger partial charge in [-0.3, -0.25) is 24.6 Å². The van der Waals surface area contributed by atoms with E-state index in [1.54, 1.807) is 12.3 Å². The lowest BCUT2D eigenvalue weighted by Crippen LogP contribution is -2.52. The van der Waals surface area contributed by atoms with E-state index in [4.69, 9.17) is 6.57 Å². The number of aromatic nitrogens is 1. The molecule has 1 aromatic heterocycles. The van der Waals surface area contributed by atoms with Gasteiger partial charge in [0.1, 0.15) is 18.1 Å². The molecule has 0 saturated carbocycles. The number of halogens is 1. The van der Waals surface area contributed by atoms with Gasteiger partial charge < -0.3 is 9.74 Å². The molecule has 1 N–H and O–H groups in total. The fraction of sp³-hybridized carbons (Fsp3) is 0.400.